The first-order chi connectivity index (χ1) is 8.72. The van der Waals surface area contributed by atoms with Crippen LogP contribution in [-0.2, 0) is 0 Å². The lowest BCUT2D eigenvalue weighted by Crippen LogP contribution is -1.93. The molecule has 0 aliphatic carbocycles. The van der Waals surface area contributed by atoms with Crippen LogP contribution in [0, 0.1) is 6.92 Å². The van der Waals surface area contributed by atoms with Crippen molar-refractivity contribution in [2.45, 2.75) is 6.92 Å². The first-order valence-electron chi connectivity index (χ1n) is 5.59. The fraction of sp³-hybridized carbons (Fsp3) is 0.0714. The van der Waals surface area contributed by atoms with Gasteiger partial charge in [0.1, 0.15) is 5.52 Å². The van der Waals surface area contributed by atoms with E-state index in [-0.39, 0.29) is 0 Å². The highest BCUT2D eigenvalue weighted by molar-refractivity contribution is 6.31. The Morgan fingerprint density at radius 1 is 0.889 bits per heavy atom. The summed E-state index contributed by atoms with van der Waals surface area (Å²) in [6.45, 7) is 2.05. The number of hydrogen-bond donors (Lipinski definition) is 0. The normalized spacial score (nSPS) is 10.8. The standard InChI is InChI=1S/C14H10ClN3/c1-9-2-4-10(5-3-9)14-16-12-7-6-11(15)8-13(12)17-18-14/h2-8H,1H3. The van der Waals surface area contributed by atoms with Gasteiger partial charge in [0.2, 0.25) is 0 Å². The van der Waals surface area contributed by atoms with E-state index in [1.807, 2.05) is 37.3 Å². The summed E-state index contributed by atoms with van der Waals surface area (Å²) in [5, 5.41) is 8.91. The highest BCUT2D eigenvalue weighted by Crippen LogP contribution is 2.19. The molecule has 88 valence electrons. The average Bonchev–Trinajstić information content (AvgIpc) is 2.39. The van der Waals surface area contributed by atoms with E-state index in [2.05, 4.69) is 15.2 Å². The fourth-order valence-electron chi connectivity index (χ4n) is 1.73. The van der Waals surface area contributed by atoms with Crippen molar-refractivity contribution in [3.05, 3.63) is 53.1 Å². The Labute approximate surface area is 109 Å². The molecule has 1 aromatic heterocycles. The molecule has 4 heteroatoms. The molecule has 0 bridgehead atoms. The molecular formula is C14H10ClN3. The molecule has 3 aromatic rings. The number of rotatable bonds is 1. The Balaban J connectivity index is 2.13. The minimum absolute atomic E-state index is 0.629. The Hall–Kier alpha value is -2.00. The van der Waals surface area contributed by atoms with Crippen LogP contribution in [0.4, 0.5) is 0 Å². The molecule has 0 saturated carbocycles. The van der Waals surface area contributed by atoms with Crippen molar-refractivity contribution >= 4 is 22.6 Å². The molecule has 1 heterocycles. The molecule has 0 spiro atoms. The van der Waals surface area contributed by atoms with Gasteiger partial charge >= 0.3 is 0 Å². The van der Waals surface area contributed by atoms with E-state index in [4.69, 9.17) is 11.6 Å². The van der Waals surface area contributed by atoms with Gasteiger partial charge < -0.3 is 0 Å². The Morgan fingerprint density at radius 2 is 1.67 bits per heavy atom. The molecule has 0 atom stereocenters. The summed E-state index contributed by atoms with van der Waals surface area (Å²) in [7, 11) is 0. The summed E-state index contributed by atoms with van der Waals surface area (Å²) in [6, 6.07) is 13.5. The van der Waals surface area contributed by atoms with E-state index >= 15 is 0 Å². The van der Waals surface area contributed by atoms with Crippen LogP contribution in [0.3, 0.4) is 0 Å². The highest BCUT2D eigenvalue weighted by atomic mass is 35.5. The molecule has 0 radical (unpaired) electrons. The Kier molecular flexibility index (Phi) is 2.68. The van der Waals surface area contributed by atoms with Crippen LogP contribution < -0.4 is 0 Å². The van der Waals surface area contributed by atoms with Crippen LogP contribution in [0.25, 0.3) is 22.4 Å². The number of hydrogen-bond acceptors (Lipinski definition) is 3. The first-order valence-corrected chi connectivity index (χ1v) is 5.97. The summed E-state index contributed by atoms with van der Waals surface area (Å²) in [5.74, 6) is 0.629. The lowest BCUT2D eigenvalue weighted by molar-refractivity contribution is 1.03. The monoisotopic (exact) mass is 255 g/mol. The highest BCUT2D eigenvalue weighted by Gasteiger charge is 2.04. The van der Waals surface area contributed by atoms with Crippen molar-refractivity contribution in [2.75, 3.05) is 0 Å². The van der Waals surface area contributed by atoms with Gasteiger partial charge in [-0.05, 0) is 25.1 Å². The van der Waals surface area contributed by atoms with Gasteiger partial charge in [0.25, 0.3) is 0 Å². The summed E-state index contributed by atoms with van der Waals surface area (Å²) in [4.78, 5) is 4.48. The van der Waals surface area contributed by atoms with Crippen molar-refractivity contribution < 1.29 is 0 Å². The van der Waals surface area contributed by atoms with Gasteiger partial charge in [-0.2, -0.15) is 0 Å². The number of halogens is 1. The van der Waals surface area contributed by atoms with E-state index < -0.39 is 0 Å². The van der Waals surface area contributed by atoms with Gasteiger partial charge in [0.05, 0.1) is 5.52 Å². The third kappa shape index (κ3) is 2.05. The van der Waals surface area contributed by atoms with E-state index in [1.165, 1.54) is 5.56 Å². The second kappa shape index (κ2) is 4.35. The van der Waals surface area contributed by atoms with Crippen LogP contribution in [0.1, 0.15) is 5.56 Å². The van der Waals surface area contributed by atoms with Crippen LogP contribution in [0.2, 0.25) is 5.02 Å². The maximum Gasteiger partial charge on any atom is 0.182 e. The molecule has 3 rings (SSSR count). The number of aromatic nitrogens is 3. The number of fused-ring (bicyclic) bond motifs is 1. The van der Waals surface area contributed by atoms with E-state index in [0.717, 1.165) is 11.1 Å². The number of aryl methyl sites for hydroxylation is 1. The lowest BCUT2D eigenvalue weighted by atomic mass is 10.1. The van der Waals surface area contributed by atoms with Crippen LogP contribution >= 0.6 is 11.6 Å². The molecule has 18 heavy (non-hydrogen) atoms. The van der Waals surface area contributed by atoms with Gasteiger partial charge in [-0.3, -0.25) is 0 Å². The molecule has 0 unspecified atom stereocenters. The van der Waals surface area contributed by atoms with Crippen molar-refractivity contribution in [3.8, 4) is 11.4 Å². The third-order valence-electron chi connectivity index (χ3n) is 2.73. The van der Waals surface area contributed by atoms with Crippen LogP contribution in [0.5, 0.6) is 0 Å². The third-order valence-corrected chi connectivity index (χ3v) is 2.96. The molecule has 0 aliphatic rings. The minimum Gasteiger partial charge on any atom is -0.225 e. The second-order valence-corrected chi connectivity index (χ2v) is 4.57. The SMILES string of the molecule is Cc1ccc(-c2nnc3cc(Cl)ccc3n2)cc1. The van der Waals surface area contributed by atoms with Crippen LogP contribution in [-0.4, -0.2) is 15.2 Å². The van der Waals surface area contributed by atoms with E-state index in [9.17, 15) is 0 Å². The number of nitrogens with zero attached hydrogens (tertiary/aromatic N) is 3. The molecule has 0 aliphatic heterocycles. The quantitative estimate of drug-likeness (QED) is 0.666. The summed E-state index contributed by atoms with van der Waals surface area (Å²) in [6.07, 6.45) is 0. The Bertz CT molecular complexity index is 708. The largest absolute Gasteiger partial charge is 0.225 e. The van der Waals surface area contributed by atoms with Crippen molar-refractivity contribution in [1.29, 1.82) is 0 Å². The minimum atomic E-state index is 0.629. The zero-order chi connectivity index (χ0) is 12.5. The molecule has 0 N–H and O–H groups in total. The molecule has 2 aromatic carbocycles. The number of benzene rings is 2. The topological polar surface area (TPSA) is 38.7 Å². The molecular weight excluding hydrogens is 246 g/mol. The van der Waals surface area contributed by atoms with Gasteiger partial charge in [-0.15, -0.1) is 10.2 Å². The predicted octanol–water partition coefficient (Wildman–Crippen LogP) is 3.65. The van der Waals surface area contributed by atoms with E-state index in [1.54, 1.807) is 12.1 Å². The summed E-state index contributed by atoms with van der Waals surface area (Å²) < 4.78 is 0. The maximum absolute atomic E-state index is 5.90. The zero-order valence-electron chi connectivity index (χ0n) is 9.76. The zero-order valence-corrected chi connectivity index (χ0v) is 10.5. The van der Waals surface area contributed by atoms with Crippen molar-refractivity contribution in [2.24, 2.45) is 0 Å². The molecule has 3 nitrogen and oxygen atoms in total. The summed E-state index contributed by atoms with van der Waals surface area (Å²) >= 11 is 5.90. The van der Waals surface area contributed by atoms with Crippen LogP contribution in [0.15, 0.2) is 42.5 Å². The van der Waals surface area contributed by atoms with Gasteiger partial charge in [-0.1, -0.05) is 41.4 Å². The van der Waals surface area contributed by atoms with Gasteiger partial charge in [0, 0.05) is 10.6 Å². The Morgan fingerprint density at radius 3 is 2.44 bits per heavy atom. The van der Waals surface area contributed by atoms with Gasteiger partial charge in [-0.25, -0.2) is 4.98 Å². The van der Waals surface area contributed by atoms with Gasteiger partial charge in [0.15, 0.2) is 5.82 Å². The molecule has 0 saturated heterocycles. The van der Waals surface area contributed by atoms with E-state index in [0.29, 0.717) is 16.4 Å². The van der Waals surface area contributed by atoms with Crippen molar-refractivity contribution in [1.82, 2.24) is 15.2 Å². The van der Waals surface area contributed by atoms with Crippen molar-refractivity contribution in [3.63, 3.8) is 0 Å². The summed E-state index contributed by atoms with van der Waals surface area (Å²) in [5.41, 5.74) is 3.67. The first kappa shape index (κ1) is 11.1. The average molecular weight is 256 g/mol. The molecule has 0 amide bonds. The smallest absolute Gasteiger partial charge is 0.182 e. The maximum atomic E-state index is 5.90. The predicted molar refractivity (Wildman–Crippen MR) is 72.5 cm³/mol. The second-order valence-electron chi connectivity index (χ2n) is 4.13. The fourth-order valence-corrected chi connectivity index (χ4v) is 1.90. The molecule has 0 fully saturated rings. The lowest BCUT2D eigenvalue weighted by Gasteiger charge is -2.02.